The highest BCUT2D eigenvalue weighted by Gasteiger charge is 2.77. The molecule has 3 aliphatic rings. The fraction of sp³-hybridized carbons (Fsp3) is 0.714. The molecule has 1 saturated carbocycles. The Labute approximate surface area is 68.3 Å². The second-order valence-electron chi connectivity index (χ2n) is 3.01. The zero-order chi connectivity index (χ0) is 8.93. The van der Waals surface area contributed by atoms with Crippen LogP contribution in [0.15, 0.2) is 0 Å². The molecule has 2 atom stereocenters. The van der Waals surface area contributed by atoms with E-state index in [-0.39, 0.29) is 0 Å². The third-order valence-electron chi connectivity index (χ3n) is 2.65. The van der Waals surface area contributed by atoms with Gasteiger partial charge >= 0.3 is 11.9 Å². The van der Waals surface area contributed by atoms with Crippen molar-refractivity contribution in [3.8, 4) is 0 Å². The number of aliphatic carboxylic acids is 1. The van der Waals surface area contributed by atoms with Gasteiger partial charge in [-0.05, 0) is 0 Å². The summed E-state index contributed by atoms with van der Waals surface area (Å²) in [6.07, 6.45) is -0.276. The Bertz CT molecular complexity index is 245. The van der Waals surface area contributed by atoms with E-state index < -0.39 is 29.6 Å². The van der Waals surface area contributed by atoms with Crippen molar-refractivity contribution in [1.29, 1.82) is 0 Å². The standard InChI is InChI=1S/C7H8O5/c1-11-6(10)7(5(8)9)3-2-4(7)12-3/h3-4H,2H2,1H3,(H,8,9). The minimum absolute atomic E-state index is 0.465. The monoisotopic (exact) mass is 172 g/mol. The average Bonchev–Trinajstić information content (AvgIpc) is 1.80. The number of rotatable bonds is 2. The number of carbonyl (C=O) groups is 2. The molecule has 0 aromatic carbocycles. The van der Waals surface area contributed by atoms with E-state index >= 15 is 0 Å². The summed E-state index contributed by atoms with van der Waals surface area (Å²) in [5, 5.41) is 8.81. The van der Waals surface area contributed by atoms with Gasteiger partial charge in [0.1, 0.15) is 0 Å². The van der Waals surface area contributed by atoms with Crippen LogP contribution in [-0.4, -0.2) is 36.4 Å². The van der Waals surface area contributed by atoms with Crippen LogP contribution in [0.1, 0.15) is 6.42 Å². The number of carboxylic acid groups (broad SMARTS) is 1. The number of hydrogen-bond donors (Lipinski definition) is 1. The first kappa shape index (κ1) is 7.54. The molecule has 5 heteroatoms. The highest BCUT2D eigenvalue weighted by Crippen LogP contribution is 2.57. The number of methoxy groups -OCH3 is 1. The molecule has 0 amide bonds. The van der Waals surface area contributed by atoms with E-state index in [2.05, 4.69) is 4.74 Å². The van der Waals surface area contributed by atoms with Gasteiger partial charge in [0.2, 0.25) is 5.41 Å². The van der Waals surface area contributed by atoms with E-state index in [0.717, 1.165) is 0 Å². The summed E-state index contributed by atoms with van der Waals surface area (Å²) in [4.78, 5) is 21.9. The molecule has 2 heterocycles. The van der Waals surface area contributed by atoms with Gasteiger partial charge in [-0.3, -0.25) is 9.59 Å². The van der Waals surface area contributed by atoms with Gasteiger partial charge in [-0.2, -0.15) is 0 Å². The van der Waals surface area contributed by atoms with Crippen LogP contribution in [0, 0.1) is 5.41 Å². The van der Waals surface area contributed by atoms with Gasteiger partial charge < -0.3 is 14.6 Å². The van der Waals surface area contributed by atoms with Crippen LogP contribution in [-0.2, 0) is 19.1 Å². The van der Waals surface area contributed by atoms with Crippen molar-refractivity contribution in [3.63, 3.8) is 0 Å². The smallest absolute Gasteiger partial charge is 0.328 e. The molecule has 2 bridgehead atoms. The topological polar surface area (TPSA) is 72.8 Å². The molecule has 3 rings (SSSR count). The van der Waals surface area contributed by atoms with Crippen molar-refractivity contribution in [1.82, 2.24) is 0 Å². The van der Waals surface area contributed by atoms with Crippen LogP contribution in [0.3, 0.4) is 0 Å². The quantitative estimate of drug-likeness (QED) is 0.445. The Morgan fingerprint density at radius 1 is 1.58 bits per heavy atom. The van der Waals surface area contributed by atoms with Crippen LogP contribution in [0.4, 0.5) is 0 Å². The number of hydrogen-bond acceptors (Lipinski definition) is 4. The zero-order valence-corrected chi connectivity index (χ0v) is 6.44. The van der Waals surface area contributed by atoms with Crippen LogP contribution in [0.5, 0.6) is 0 Å². The van der Waals surface area contributed by atoms with Crippen LogP contribution >= 0.6 is 0 Å². The van der Waals surface area contributed by atoms with Gasteiger partial charge in [0, 0.05) is 6.42 Å². The molecule has 5 nitrogen and oxygen atoms in total. The molecule has 0 aromatic heterocycles. The summed E-state index contributed by atoms with van der Waals surface area (Å²) in [5.74, 6) is -1.83. The molecule has 1 aliphatic carbocycles. The van der Waals surface area contributed by atoms with Crippen molar-refractivity contribution < 1.29 is 24.2 Å². The second kappa shape index (κ2) is 1.98. The molecule has 0 spiro atoms. The Kier molecular flexibility index (Phi) is 1.24. The van der Waals surface area contributed by atoms with Gasteiger partial charge in [-0.15, -0.1) is 0 Å². The molecule has 2 aliphatic heterocycles. The van der Waals surface area contributed by atoms with Crippen molar-refractivity contribution in [2.75, 3.05) is 7.11 Å². The maximum Gasteiger partial charge on any atom is 0.328 e. The zero-order valence-electron chi connectivity index (χ0n) is 6.44. The molecule has 2 saturated heterocycles. The minimum Gasteiger partial charge on any atom is -0.480 e. The minimum atomic E-state index is -1.38. The number of ether oxygens (including phenoxy) is 2. The average molecular weight is 172 g/mol. The molecular formula is C7H8O5. The molecule has 0 aromatic rings. The summed E-state index contributed by atoms with van der Waals surface area (Å²) in [5.41, 5.74) is -1.38. The molecule has 66 valence electrons. The largest absolute Gasteiger partial charge is 0.480 e. The highest BCUT2D eigenvalue weighted by atomic mass is 16.6. The Morgan fingerprint density at radius 3 is 2.17 bits per heavy atom. The Balaban J connectivity index is 2.26. The highest BCUT2D eigenvalue weighted by molar-refractivity contribution is 6.03. The van der Waals surface area contributed by atoms with E-state index in [1.54, 1.807) is 0 Å². The third-order valence-corrected chi connectivity index (χ3v) is 2.65. The van der Waals surface area contributed by atoms with Gasteiger partial charge in [-0.1, -0.05) is 0 Å². The van der Waals surface area contributed by atoms with Gasteiger partial charge in [0.05, 0.1) is 19.3 Å². The maximum atomic E-state index is 11.1. The molecule has 3 fully saturated rings. The lowest BCUT2D eigenvalue weighted by Crippen LogP contribution is -2.78. The summed E-state index contributed by atoms with van der Waals surface area (Å²) in [7, 11) is 1.19. The Hall–Kier alpha value is -1.10. The Morgan fingerprint density at radius 2 is 2.08 bits per heavy atom. The van der Waals surface area contributed by atoms with Crippen molar-refractivity contribution in [2.24, 2.45) is 5.41 Å². The predicted octanol–water partition coefficient (Wildman–Crippen LogP) is -0.599. The summed E-state index contributed by atoms with van der Waals surface area (Å²) < 4.78 is 9.37. The predicted molar refractivity (Wildman–Crippen MR) is 35.4 cm³/mol. The van der Waals surface area contributed by atoms with E-state index in [1.165, 1.54) is 7.11 Å². The first-order valence-electron chi connectivity index (χ1n) is 3.61. The molecule has 12 heavy (non-hydrogen) atoms. The summed E-state index contributed by atoms with van der Waals surface area (Å²) in [6, 6.07) is 0. The van der Waals surface area contributed by atoms with Crippen LogP contribution in [0.2, 0.25) is 0 Å². The molecular weight excluding hydrogens is 164 g/mol. The van der Waals surface area contributed by atoms with E-state index in [1.807, 2.05) is 0 Å². The lowest BCUT2D eigenvalue weighted by atomic mass is 9.57. The molecule has 0 radical (unpaired) electrons. The van der Waals surface area contributed by atoms with Gasteiger partial charge in [0.15, 0.2) is 0 Å². The van der Waals surface area contributed by atoms with Crippen molar-refractivity contribution in [2.45, 2.75) is 18.6 Å². The fourth-order valence-corrected chi connectivity index (χ4v) is 1.74. The van der Waals surface area contributed by atoms with Gasteiger partial charge in [-0.25, -0.2) is 0 Å². The van der Waals surface area contributed by atoms with Crippen LogP contribution < -0.4 is 0 Å². The van der Waals surface area contributed by atoms with E-state index in [4.69, 9.17) is 9.84 Å². The normalized spacial score (nSPS) is 42.4. The summed E-state index contributed by atoms with van der Waals surface area (Å²) in [6.45, 7) is 0. The first-order chi connectivity index (χ1) is 5.64. The number of esters is 1. The third kappa shape index (κ3) is 0.513. The number of carbonyl (C=O) groups excluding carboxylic acids is 1. The maximum absolute atomic E-state index is 11.1. The fourth-order valence-electron chi connectivity index (χ4n) is 1.74. The first-order valence-corrected chi connectivity index (χ1v) is 3.61. The van der Waals surface area contributed by atoms with Crippen LogP contribution in [0.25, 0.3) is 0 Å². The lowest BCUT2D eigenvalue weighted by molar-refractivity contribution is -0.334. The molecule has 2 unspecified atom stereocenters. The summed E-state index contributed by atoms with van der Waals surface area (Å²) >= 11 is 0. The van der Waals surface area contributed by atoms with Gasteiger partial charge in [0.25, 0.3) is 0 Å². The van der Waals surface area contributed by atoms with E-state index in [0.29, 0.717) is 6.42 Å². The number of carboxylic acids is 1. The van der Waals surface area contributed by atoms with E-state index in [9.17, 15) is 9.59 Å². The second-order valence-corrected chi connectivity index (χ2v) is 3.01. The van der Waals surface area contributed by atoms with Crippen molar-refractivity contribution in [3.05, 3.63) is 0 Å². The molecule has 1 N–H and O–H groups in total. The lowest BCUT2D eigenvalue weighted by Gasteiger charge is -2.61. The SMILES string of the molecule is COC(=O)C1(C(=O)O)C2CC1O2. The van der Waals surface area contributed by atoms with Crippen molar-refractivity contribution >= 4 is 11.9 Å².